The Balaban J connectivity index is 2.18. The highest BCUT2D eigenvalue weighted by Crippen LogP contribution is 2.19. The van der Waals surface area contributed by atoms with Crippen molar-refractivity contribution in [2.45, 2.75) is 13.5 Å². The molecule has 0 aliphatic rings. The van der Waals surface area contributed by atoms with Gasteiger partial charge in [-0.1, -0.05) is 12.2 Å². The van der Waals surface area contributed by atoms with Gasteiger partial charge in [-0.3, -0.25) is 4.68 Å². The molecule has 2 aromatic heterocycles. The summed E-state index contributed by atoms with van der Waals surface area (Å²) in [5.41, 5.74) is 6.26. The third-order valence-electron chi connectivity index (χ3n) is 2.18. The molecule has 0 aromatic carbocycles. The molecule has 0 aliphatic carbocycles. The molecule has 17 heavy (non-hydrogen) atoms. The van der Waals surface area contributed by atoms with E-state index in [-0.39, 0.29) is 0 Å². The number of hydrogen-bond acceptors (Lipinski definition) is 4. The van der Waals surface area contributed by atoms with E-state index >= 15 is 0 Å². The van der Waals surface area contributed by atoms with Gasteiger partial charge in [0, 0.05) is 24.4 Å². The lowest BCUT2D eigenvalue weighted by atomic mass is 10.3. The summed E-state index contributed by atoms with van der Waals surface area (Å²) in [6, 6.07) is 3.44. The van der Waals surface area contributed by atoms with E-state index in [1.165, 1.54) is 0 Å². The summed E-state index contributed by atoms with van der Waals surface area (Å²) in [6.07, 6.45) is 5.04. The number of thiocarbonyl (C=S) groups is 1. The maximum Gasteiger partial charge on any atom is 0.220 e. The molecule has 2 rings (SSSR count). The molecule has 0 unspecified atom stereocenters. The average Bonchev–Trinajstić information content (AvgIpc) is 2.77. The lowest BCUT2D eigenvalue weighted by molar-refractivity contribution is 0.461. The minimum atomic E-state index is 0.321. The van der Waals surface area contributed by atoms with Crippen LogP contribution in [0.25, 0.3) is 0 Å². The summed E-state index contributed by atoms with van der Waals surface area (Å²) in [4.78, 5) is 4.40. The third-order valence-corrected chi connectivity index (χ3v) is 2.41. The minimum Gasteiger partial charge on any atom is -0.436 e. The van der Waals surface area contributed by atoms with E-state index in [0.29, 0.717) is 16.6 Å². The fraction of sp³-hybridized carbons (Fsp3) is 0.182. The topological polar surface area (TPSA) is 66.0 Å². The van der Waals surface area contributed by atoms with Crippen LogP contribution in [0.4, 0.5) is 0 Å². The molecule has 0 bridgehead atoms. The second kappa shape index (κ2) is 4.92. The van der Waals surface area contributed by atoms with Gasteiger partial charge in [-0.15, -0.1) is 0 Å². The molecular weight excluding hydrogens is 236 g/mol. The molecule has 0 atom stereocenters. The highest BCUT2D eigenvalue weighted by Gasteiger charge is 2.04. The van der Waals surface area contributed by atoms with Crippen LogP contribution in [0, 0.1) is 0 Å². The van der Waals surface area contributed by atoms with Crippen LogP contribution in [-0.2, 0) is 6.54 Å². The fourth-order valence-corrected chi connectivity index (χ4v) is 1.44. The minimum absolute atomic E-state index is 0.321. The van der Waals surface area contributed by atoms with Crippen molar-refractivity contribution in [3.63, 3.8) is 0 Å². The highest BCUT2D eigenvalue weighted by molar-refractivity contribution is 7.80. The van der Waals surface area contributed by atoms with E-state index in [2.05, 4.69) is 10.1 Å². The molecule has 0 saturated carbocycles. The van der Waals surface area contributed by atoms with Crippen molar-refractivity contribution in [1.29, 1.82) is 0 Å². The Labute approximate surface area is 104 Å². The molecule has 88 valence electrons. The van der Waals surface area contributed by atoms with Crippen LogP contribution in [0.15, 0.2) is 30.7 Å². The van der Waals surface area contributed by atoms with Gasteiger partial charge in [0.25, 0.3) is 0 Å². The van der Waals surface area contributed by atoms with Crippen LogP contribution >= 0.6 is 12.2 Å². The van der Waals surface area contributed by atoms with E-state index in [1.807, 2.05) is 6.92 Å². The van der Waals surface area contributed by atoms with Gasteiger partial charge in [0.2, 0.25) is 5.88 Å². The summed E-state index contributed by atoms with van der Waals surface area (Å²) >= 11 is 4.89. The lowest BCUT2D eigenvalue weighted by Crippen LogP contribution is -2.09. The van der Waals surface area contributed by atoms with Gasteiger partial charge in [0.15, 0.2) is 5.75 Å². The van der Waals surface area contributed by atoms with Gasteiger partial charge in [-0.25, -0.2) is 4.98 Å². The lowest BCUT2D eigenvalue weighted by Gasteiger charge is -2.03. The summed E-state index contributed by atoms with van der Waals surface area (Å²) in [7, 11) is 0. The van der Waals surface area contributed by atoms with Gasteiger partial charge in [0.05, 0.1) is 12.4 Å². The number of nitrogens with zero attached hydrogens (tertiary/aromatic N) is 3. The Kier molecular flexibility index (Phi) is 3.34. The smallest absolute Gasteiger partial charge is 0.220 e. The van der Waals surface area contributed by atoms with E-state index in [0.717, 1.165) is 12.1 Å². The van der Waals surface area contributed by atoms with Crippen LogP contribution in [0.1, 0.15) is 12.5 Å². The number of hydrogen-bond donors (Lipinski definition) is 1. The van der Waals surface area contributed by atoms with Gasteiger partial charge in [-0.2, -0.15) is 5.10 Å². The largest absolute Gasteiger partial charge is 0.436 e. The van der Waals surface area contributed by atoms with Crippen LogP contribution < -0.4 is 10.5 Å². The second-order valence-electron chi connectivity index (χ2n) is 3.38. The first-order valence-corrected chi connectivity index (χ1v) is 5.56. The van der Waals surface area contributed by atoms with Crippen molar-refractivity contribution >= 4 is 17.2 Å². The molecule has 0 radical (unpaired) electrons. The number of pyridine rings is 1. The van der Waals surface area contributed by atoms with Crippen LogP contribution in [0.3, 0.4) is 0 Å². The number of ether oxygens (including phenoxy) is 1. The Morgan fingerprint density at radius 3 is 3.06 bits per heavy atom. The fourth-order valence-electron chi connectivity index (χ4n) is 1.31. The highest BCUT2D eigenvalue weighted by atomic mass is 32.1. The first-order chi connectivity index (χ1) is 8.19. The monoisotopic (exact) mass is 248 g/mol. The second-order valence-corrected chi connectivity index (χ2v) is 3.82. The zero-order chi connectivity index (χ0) is 12.3. The zero-order valence-electron chi connectivity index (χ0n) is 9.33. The van der Waals surface area contributed by atoms with Gasteiger partial charge in [0.1, 0.15) is 4.99 Å². The van der Waals surface area contributed by atoms with Crippen molar-refractivity contribution in [2.24, 2.45) is 5.73 Å². The van der Waals surface area contributed by atoms with Crippen molar-refractivity contribution < 1.29 is 4.74 Å². The Morgan fingerprint density at radius 1 is 1.59 bits per heavy atom. The van der Waals surface area contributed by atoms with E-state index in [1.54, 1.807) is 35.4 Å². The molecule has 2 N–H and O–H groups in total. The number of aryl methyl sites for hydroxylation is 1. The predicted octanol–water partition coefficient (Wildman–Crippen LogP) is 1.72. The molecule has 5 nitrogen and oxygen atoms in total. The first kappa shape index (κ1) is 11.5. The van der Waals surface area contributed by atoms with Crippen LogP contribution in [0.5, 0.6) is 11.6 Å². The normalized spacial score (nSPS) is 10.2. The van der Waals surface area contributed by atoms with E-state index < -0.39 is 0 Å². The molecule has 0 spiro atoms. The van der Waals surface area contributed by atoms with Gasteiger partial charge >= 0.3 is 0 Å². The maximum absolute atomic E-state index is 5.54. The quantitative estimate of drug-likeness (QED) is 0.835. The Morgan fingerprint density at radius 2 is 2.41 bits per heavy atom. The zero-order valence-corrected chi connectivity index (χ0v) is 10.1. The third kappa shape index (κ3) is 2.79. The van der Waals surface area contributed by atoms with Crippen molar-refractivity contribution in [3.05, 3.63) is 36.3 Å². The molecule has 6 heteroatoms. The number of rotatable bonds is 4. The molecule has 2 heterocycles. The predicted molar refractivity (Wildman–Crippen MR) is 68.1 cm³/mol. The summed E-state index contributed by atoms with van der Waals surface area (Å²) in [6.45, 7) is 2.80. The summed E-state index contributed by atoms with van der Waals surface area (Å²) in [5.74, 6) is 1.09. The molecule has 2 aromatic rings. The molecule has 0 amide bonds. The summed E-state index contributed by atoms with van der Waals surface area (Å²) < 4.78 is 7.31. The molecule has 0 saturated heterocycles. The van der Waals surface area contributed by atoms with Crippen molar-refractivity contribution in [2.75, 3.05) is 0 Å². The first-order valence-electron chi connectivity index (χ1n) is 5.15. The molecular formula is C11H12N4OS. The van der Waals surface area contributed by atoms with Crippen LogP contribution in [0.2, 0.25) is 0 Å². The SMILES string of the molecule is CCn1cc(Oc2cc(C(N)=S)ccn2)cn1. The van der Waals surface area contributed by atoms with E-state index in [9.17, 15) is 0 Å². The molecule has 0 aliphatic heterocycles. The number of nitrogens with two attached hydrogens (primary N) is 1. The maximum atomic E-state index is 5.54. The summed E-state index contributed by atoms with van der Waals surface area (Å²) in [5, 5.41) is 4.10. The Hall–Kier alpha value is -1.95. The molecule has 0 fully saturated rings. The van der Waals surface area contributed by atoms with Crippen LogP contribution in [-0.4, -0.2) is 19.8 Å². The van der Waals surface area contributed by atoms with Crippen molar-refractivity contribution in [3.8, 4) is 11.6 Å². The average molecular weight is 248 g/mol. The van der Waals surface area contributed by atoms with E-state index in [4.69, 9.17) is 22.7 Å². The Bertz CT molecular complexity index is 538. The van der Waals surface area contributed by atoms with Gasteiger partial charge in [-0.05, 0) is 13.0 Å². The standard InChI is InChI=1S/C11H12N4OS/c1-2-15-7-9(6-14-15)16-10-5-8(11(12)17)3-4-13-10/h3-7H,2H2,1H3,(H2,12,17). The van der Waals surface area contributed by atoms with Gasteiger partial charge < -0.3 is 10.5 Å². The number of aromatic nitrogens is 3. The van der Waals surface area contributed by atoms with Crippen molar-refractivity contribution in [1.82, 2.24) is 14.8 Å².